The number of hydrogen-bond acceptors (Lipinski definition) is 3. The van der Waals surface area contributed by atoms with Crippen molar-refractivity contribution >= 4 is 21.9 Å². The van der Waals surface area contributed by atoms with Gasteiger partial charge in [-0.2, -0.15) is 5.26 Å². The maximum Gasteiger partial charge on any atom is 0.319 e. The van der Waals surface area contributed by atoms with Gasteiger partial charge in [-0.15, -0.1) is 0 Å². The lowest BCUT2D eigenvalue weighted by Gasteiger charge is -2.08. The molecule has 0 aliphatic carbocycles. The standard InChI is InChI=1S/C11H8BrFNO2/c1-16-11(15)10(12)5-7-2-3-9(13)4-8(7)6-14/h2,4,10H,5H2,1H3. The number of nitrogens with zero attached hydrogens (tertiary/aromatic N) is 1. The van der Waals surface area contributed by atoms with Crippen LogP contribution in [0.3, 0.4) is 0 Å². The summed E-state index contributed by atoms with van der Waals surface area (Å²) in [4.78, 5) is 10.6. The summed E-state index contributed by atoms with van der Waals surface area (Å²) >= 11 is 3.13. The molecular formula is C11H8BrFNO2. The molecule has 5 heteroatoms. The minimum Gasteiger partial charge on any atom is -0.468 e. The van der Waals surface area contributed by atoms with Gasteiger partial charge in [0.2, 0.25) is 0 Å². The van der Waals surface area contributed by atoms with Gasteiger partial charge in [0.1, 0.15) is 10.6 Å². The van der Waals surface area contributed by atoms with Gasteiger partial charge in [-0.25, -0.2) is 4.39 Å². The highest BCUT2D eigenvalue weighted by molar-refractivity contribution is 9.10. The fraction of sp³-hybridized carbons (Fsp3) is 0.273. The average molecular weight is 285 g/mol. The molecule has 0 fully saturated rings. The molecule has 0 saturated carbocycles. The summed E-state index contributed by atoms with van der Waals surface area (Å²) in [5.41, 5.74) is 0.751. The first-order valence-corrected chi connectivity index (χ1v) is 5.32. The first-order valence-electron chi connectivity index (χ1n) is 4.40. The zero-order chi connectivity index (χ0) is 12.1. The van der Waals surface area contributed by atoms with Gasteiger partial charge in [-0.3, -0.25) is 4.79 Å². The van der Waals surface area contributed by atoms with Gasteiger partial charge in [0.25, 0.3) is 0 Å². The number of carbonyl (C=O) groups is 1. The van der Waals surface area contributed by atoms with Gasteiger partial charge in [0.15, 0.2) is 0 Å². The van der Waals surface area contributed by atoms with Crippen LogP contribution in [0.5, 0.6) is 0 Å². The summed E-state index contributed by atoms with van der Waals surface area (Å²) in [6.45, 7) is 0. The van der Waals surface area contributed by atoms with Crippen LogP contribution in [0.1, 0.15) is 11.1 Å². The van der Waals surface area contributed by atoms with E-state index < -0.39 is 16.6 Å². The smallest absolute Gasteiger partial charge is 0.319 e. The molecule has 0 heterocycles. The van der Waals surface area contributed by atoms with Gasteiger partial charge in [-0.1, -0.05) is 15.9 Å². The third-order valence-corrected chi connectivity index (χ3v) is 2.68. The Bertz CT molecular complexity index is 442. The summed E-state index contributed by atoms with van der Waals surface area (Å²) in [5, 5.41) is 8.79. The summed E-state index contributed by atoms with van der Waals surface area (Å²) in [6, 6.07) is 6.67. The zero-order valence-electron chi connectivity index (χ0n) is 8.46. The number of carbonyl (C=O) groups excluding carboxylic acids is 1. The topological polar surface area (TPSA) is 50.1 Å². The van der Waals surface area contributed by atoms with Crippen LogP contribution in [0, 0.1) is 23.2 Å². The van der Waals surface area contributed by atoms with E-state index in [1.165, 1.54) is 13.2 Å². The molecule has 1 aromatic carbocycles. The molecule has 1 unspecified atom stereocenters. The normalized spacial score (nSPS) is 11.6. The molecule has 1 rings (SSSR count). The van der Waals surface area contributed by atoms with E-state index in [0.29, 0.717) is 5.56 Å². The van der Waals surface area contributed by atoms with Crippen LogP contribution in [0.15, 0.2) is 12.1 Å². The number of ether oxygens (including phenoxy) is 1. The van der Waals surface area contributed by atoms with Crippen molar-refractivity contribution in [2.45, 2.75) is 11.2 Å². The van der Waals surface area contributed by atoms with E-state index in [-0.39, 0.29) is 12.0 Å². The van der Waals surface area contributed by atoms with E-state index in [2.05, 4.69) is 26.7 Å². The van der Waals surface area contributed by atoms with Gasteiger partial charge in [0, 0.05) is 6.07 Å². The molecular weight excluding hydrogens is 277 g/mol. The van der Waals surface area contributed by atoms with Crippen LogP contribution in [0.2, 0.25) is 0 Å². The third-order valence-electron chi connectivity index (χ3n) is 1.98. The van der Waals surface area contributed by atoms with Crippen molar-refractivity contribution in [3.05, 3.63) is 35.1 Å². The maximum atomic E-state index is 12.8. The van der Waals surface area contributed by atoms with Crippen LogP contribution in [-0.2, 0) is 16.0 Å². The summed E-state index contributed by atoms with van der Waals surface area (Å²) in [6.07, 6.45) is 0.256. The highest BCUT2D eigenvalue weighted by atomic mass is 79.9. The van der Waals surface area contributed by atoms with Crippen molar-refractivity contribution in [3.8, 4) is 6.07 Å². The maximum absolute atomic E-state index is 12.8. The second-order valence-electron chi connectivity index (χ2n) is 3.03. The minimum absolute atomic E-state index is 0.199. The predicted molar refractivity (Wildman–Crippen MR) is 58.4 cm³/mol. The van der Waals surface area contributed by atoms with Gasteiger partial charge in [-0.05, 0) is 24.1 Å². The molecule has 83 valence electrons. The molecule has 0 aliphatic rings. The Morgan fingerprint density at radius 2 is 2.50 bits per heavy atom. The highest BCUT2D eigenvalue weighted by Gasteiger charge is 2.17. The van der Waals surface area contributed by atoms with Gasteiger partial charge < -0.3 is 4.74 Å². The Balaban J connectivity index is 2.90. The van der Waals surface area contributed by atoms with E-state index in [9.17, 15) is 9.18 Å². The Hall–Kier alpha value is -1.41. The molecule has 16 heavy (non-hydrogen) atoms. The Morgan fingerprint density at radius 1 is 1.81 bits per heavy atom. The lowest BCUT2D eigenvalue weighted by atomic mass is 10.0. The van der Waals surface area contributed by atoms with Crippen LogP contribution < -0.4 is 0 Å². The SMILES string of the molecule is COC(=O)C(Br)Cc1c[c]c(F)cc1C#N. The van der Waals surface area contributed by atoms with Crippen molar-refractivity contribution < 1.29 is 13.9 Å². The molecule has 0 amide bonds. The number of hydrogen-bond donors (Lipinski definition) is 0. The number of rotatable bonds is 3. The molecule has 3 nitrogen and oxygen atoms in total. The summed E-state index contributed by atoms with van der Waals surface area (Å²) in [7, 11) is 1.28. The summed E-state index contributed by atoms with van der Waals surface area (Å²) < 4.78 is 17.3. The molecule has 0 N–H and O–H groups in total. The molecule has 1 aromatic rings. The lowest BCUT2D eigenvalue weighted by Crippen LogP contribution is -2.18. The lowest BCUT2D eigenvalue weighted by molar-refractivity contribution is -0.139. The zero-order valence-corrected chi connectivity index (χ0v) is 10.0. The van der Waals surface area contributed by atoms with Crippen molar-refractivity contribution in [2.75, 3.05) is 7.11 Å². The van der Waals surface area contributed by atoms with Crippen LogP contribution >= 0.6 is 15.9 Å². The Labute approximate surface area is 101 Å². The molecule has 0 spiro atoms. The minimum atomic E-state index is -0.593. The largest absolute Gasteiger partial charge is 0.468 e. The number of methoxy groups -OCH3 is 1. The highest BCUT2D eigenvalue weighted by Crippen LogP contribution is 2.16. The van der Waals surface area contributed by atoms with Crippen molar-refractivity contribution in [2.24, 2.45) is 0 Å². The molecule has 1 atom stereocenters. The number of esters is 1. The summed E-state index contributed by atoms with van der Waals surface area (Å²) in [5.74, 6) is -1.03. The molecule has 0 aliphatic heterocycles. The van der Waals surface area contributed by atoms with Crippen LogP contribution in [-0.4, -0.2) is 17.9 Å². The van der Waals surface area contributed by atoms with Crippen LogP contribution in [0.4, 0.5) is 4.39 Å². The molecule has 0 bridgehead atoms. The van der Waals surface area contributed by atoms with Crippen molar-refractivity contribution in [1.29, 1.82) is 5.26 Å². The van der Waals surface area contributed by atoms with E-state index in [4.69, 9.17) is 5.26 Å². The quantitative estimate of drug-likeness (QED) is 0.630. The second-order valence-corrected chi connectivity index (χ2v) is 4.13. The molecule has 0 aromatic heterocycles. The molecule has 0 saturated heterocycles. The van der Waals surface area contributed by atoms with E-state index in [1.807, 2.05) is 6.07 Å². The van der Waals surface area contributed by atoms with Gasteiger partial charge in [0.05, 0.1) is 18.7 Å². The monoisotopic (exact) mass is 284 g/mol. The Kier molecular flexibility index (Phi) is 4.44. The first kappa shape index (κ1) is 12.7. The number of alkyl halides is 1. The molecule has 1 radical (unpaired) electrons. The fourth-order valence-corrected chi connectivity index (χ4v) is 1.71. The number of halogens is 2. The van der Waals surface area contributed by atoms with E-state index in [1.54, 1.807) is 0 Å². The van der Waals surface area contributed by atoms with Crippen LogP contribution in [0.25, 0.3) is 0 Å². The number of nitriles is 1. The first-order chi connectivity index (χ1) is 7.58. The van der Waals surface area contributed by atoms with Crippen molar-refractivity contribution in [3.63, 3.8) is 0 Å². The predicted octanol–water partition coefficient (Wildman–Crippen LogP) is 1.98. The van der Waals surface area contributed by atoms with E-state index >= 15 is 0 Å². The van der Waals surface area contributed by atoms with Crippen molar-refractivity contribution in [1.82, 2.24) is 0 Å². The third kappa shape index (κ3) is 3.04. The van der Waals surface area contributed by atoms with Gasteiger partial charge >= 0.3 is 5.97 Å². The Morgan fingerprint density at radius 3 is 3.06 bits per heavy atom. The number of benzene rings is 1. The van der Waals surface area contributed by atoms with E-state index in [0.717, 1.165) is 6.07 Å². The second kappa shape index (κ2) is 5.61. The fourth-order valence-electron chi connectivity index (χ4n) is 1.17. The average Bonchev–Trinajstić information content (AvgIpc) is 2.30.